The Morgan fingerprint density at radius 3 is 1.57 bits per heavy atom. The molecule has 3 rings (SSSR count). The first-order valence-corrected chi connectivity index (χ1v) is 16.0. The van der Waals surface area contributed by atoms with E-state index >= 15 is 0 Å². The van der Waals surface area contributed by atoms with Gasteiger partial charge in [-0.3, -0.25) is 24.0 Å². The summed E-state index contributed by atoms with van der Waals surface area (Å²) in [5, 5.41) is 20.6. The molecule has 0 aromatic heterocycles. The standard InChI is InChI=1S/C36H46N6O7/c1-22(2)17-29(39-32(44)21-37)34(46)41-31(20-25-11-15-27(49-3)16-12-25)36(48)42-30(19-24-9-13-26(43)14-10-24)35(47)40-28(33(38)45)18-23-7-5-4-6-8-23/h4-16,22,28-31,43H,17-21,37H2,1-3H3,(H2,38,45)(H,39,44)(H,40,47)(H,41,46)(H,42,48). The molecule has 0 bridgehead atoms. The first-order valence-electron chi connectivity index (χ1n) is 16.0. The van der Waals surface area contributed by atoms with Gasteiger partial charge in [0.05, 0.1) is 13.7 Å². The third-order valence-electron chi connectivity index (χ3n) is 7.73. The molecule has 3 aromatic rings. The van der Waals surface area contributed by atoms with Crippen LogP contribution < -0.4 is 37.5 Å². The summed E-state index contributed by atoms with van der Waals surface area (Å²) in [6.07, 6.45) is 0.437. The van der Waals surface area contributed by atoms with Gasteiger partial charge in [-0.25, -0.2) is 0 Å². The maximum Gasteiger partial charge on any atom is 0.243 e. The van der Waals surface area contributed by atoms with E-state index in [1.807, 2.05) is 19.9 Å². The maximum atomic E-state index is 14.0. The molecule has 0 radical (unpaired) electrons. The van der Waals surface area contributed by atoms with Crippen molar-refractivity contribution in [1.29, 1.82) is 0 Å². The predicted octanol–water partition coefficient (Wildman–Crippen LogP) is 0.858. The highest BCUT2D eigenvalue weighted by Gasteiger charge is 2.31. The first kappa shape index (κ1) is 38.0. The van der Waals surface area contributed by atoms with Gasteiger partial charge in [-0.15, -0.1) is 0 Å². The zero-order valence-corrected chi connectivity index (χ0v) is 28.0. The summed E-state index contributed by atoms with van der Waals surface area (Å²) in [6.45, 7) is 3.46. The van der Waals surface area contributed by atoms with Crippen LogP contribution in [-0.4, -0.2) is 72.5 Å². The van der Waals surface area contributed by atoms with Crippen LogP contribution >= 0.6 is 0 Å². The molecule has 0 heterocycles. The number of phenolic OH excluding ortho intramolecular Hbond substituents is 1. The van der Waals surface area contributed by atoms with Crippen molar-refractivity contribution in [3.05, 3.63) is 95.6 Å². The third kappa shape index (κ3) is 12.6. The summed E-state index contributed by atoms with van der Waals surface area (Å²) in [5.41, 5.74) is 13.2. The molecule has 0 aliphatic carbocycles. The van der Waals surface area contributed by atoms with E-state index in [0.717, 1.165) is 5.56 Å². The quantitative estimate of drug-likeness (QED) is 0.102. The van der Waals surface area contributed by atoms with Crippen LogP contribution in [0.4, 0.5) is 0 Å². The van der Waals surface area contributed by atoms with Crippen molar-refractivity contribution in [2.24, 2.45) is 17.4 Å². The normalized spacial score (nSPS) is 13.3. The highest BCUT2D eigenvalue weighted by molar-refractivity contribution is 5.95. The number of methoxy groups -OCH3 is 1. The van der Waals surface area contributed by atoms with Crippen LogP contribution in [0.15, 0.2) is 78.9 Å². The van der Waals surface area contributed by atoms with E-state index in [1.54, 1.807) is 60.7 Å². The van der Waals surface area contributed by atoms with Crippen LogP contribution in [0.3, 0.4) is 0 Å². The summed E-state index contributed by atoms with van der Waals surface area (Å²) in [7, 11) is 1.53. The van der Waals surface area contributed by atoms with Crippen LogP contribution in [0.2, 0.25) is 0 Å². The minimum Gasteiger partial charge on any atom is -0.508 e. The molecule has 0 fully saturated rings. The Bertz CT molecular complexity index is 1550. The SMILES string of the molecule is COc1ccc(CC(NC(=O)C(CC(C)C)NC(=O)CN)C(=O)NC(Cc2ccc(O)cc2)C(=O)NC(Cc2ccccc2)C(N)=O)cc1. The van der Waals surface area contributed by atoms with Crippen molar-refractivity contribution in [2.75, 3.05) is 13.7 Å². The largest absolute Gasteiger partial charge is 0.508 e. The lowest BCUT2D eigenvalue weighted by atomic mass is 9.99. The molecule has 3 aromatic carbocycles. The van der Waals surface area contributed by atoms with E-state index < -0.39 is 53.7 Å². The van der Waals surface area contributed by atoms with Gasteiger partial charge in [0.1, 0.15) is 35.7 Å². The lowest BCUT2D eigenvalue weighted by molar-refractivity contribution is -0.134. The third-order valence-corrected chi connectivity index (χ3v) is 7.73. The number of primary amides is 1. The molecule has 0 saturated heterocycles. The van der Waals surface area contributed by atoms with E-state index in [1.165, 1.54) is 19.2 Å². The molecule has 0 spiro atoms. The Kier molecular flexibility index (Phi) is 14.6. The fourth-order valence-electron chi connectivity index (χ4n) is 5.13. The number of carbonyl (C=O) groups excluding carboxylic acids is 5. The number of hydrogen-bond donors (Lipinski definition) is 7. The van der Waals surface area contributed by atoms with Gasteiger partial charge >= 0.3 is 0 Å². The number of benzene rings is 3. The number of ether oxygens (including phenoxy) is 1. The Morgan fingerprint density at radius 2 is 1.10 bits per heavy atom. The Morgan fingerprint density at radius 1 is 0.653 bits per heavy atom. The Balaban J connectivity index is 1.92. The average Bonchev–Trinajstić information content (AvgIpc) is 3.08. The van der Waals surface area contributed by atoms with Gasteiger partial charge in [0.2, 0.25) is 29.5 Å². The van der Waals surface area contributed by atoms with Crippen molar-refractivity contribution >= 4 is 29.5 Å². The molecule has 0 aliphatic rings. The van der Waals surface area contributed by atoms with E-state index in [-0.39, 0.29) is 43.9 Å². The number of aromatic hydroxyl groups is 1. The van der Waals surface area contributed by atoms with Gasteiger partial charge in [0, 0.05) is 19.3 Å². The summed E-state index contributed by atoms with van der Waals surface area (Å²) >= 11 is 0. The highest BCUT2D eigenvalue weighted by Crippen LogP contribution is 2.15. The van der Waals surface area contributed by atoms with E-state index in [4.69, 9.17) is 16.2 Å². The molecule has 262 valence electrons. The lowest BCUT2D eigenvalue weighted by Crippen LogP contribution is -2.59. The lowest BCUT2D eigenvalue weighted by Gasteiger charge is -2.27. The van der Waals surface area contributed by atoms with E-state index in [9.17, 15) is 29.1 Å². The fraction of sp³-hybridized carbons (Fsp3) is 0.361. The molecule has 5 amide bonds. The van der Waals surface area contributed by atoms with E-state index in [0.29, 0.717) is 16.9 Å². The predicted molar refractivity (Wildman–Crippen MR) is 184 cm³/mol. The highest BCUT2D eigenvalue weighted by atomic mass is 16.5. The number of carbonyl (C=O) groups is 5. The van der Waals surface area contributed by atoms with Crippen molar-refractivity contribution in [3.8, 4) is 11.5 Å². The van der Waals surface area contributed by atoms with E-state index in [2.05, 4.69) is 21.3 Å². The molecule has 49 heavy (non-hydrogen) atoms. The maximum absolute atomic E-state index is 14.0. The number of nitrogens with one attached hydrogen (secondary N) is 4. The minimum atomic E-state index is -1.21. The molecule has 0 aliphatic heterocycles. The van der Waals surface area contributed by atoms with Crippen LogP contribution in [0, 0.1) is 5.92 Å². The first-order chi connectivity index (χ1) is 23.4. The second-order valence-corrected chi connectivity index (χ2v) is 12.2. The molecule has 4 unspecified atom stereocenters. The summed E-state index contributed by atoms with van der Waals surface area (Å²) < 4.78 is 5.24. The number of hydrogen-bond acceptors (Lipinski definition) is 8. The molecule has 9 N–H and O–H groups in total. The Labute approximate surface area is 286 Å². The molecule has 4 atom stereocenters. The van der Waals surface area contributed by atoms with Crippen molar-refractivity contribution in [3.63, 3.8) is 0 Å². The summed E-state index contributed by atoms with van der Waals surface area (Å²) in [6, 6.07) is 17.6. The topological polar surface area (TPSA) is 215 Å². The second kappa shape index (κ2) is 18.8. The number of nitrogens with two attached hydrogens (primary N) is 2. The summed E-state index contributed by atoms with van der Waals surface area (Å²) in [4.78, 5) is 65.9. The second-order valence-electron chi connectivity index (χ2n) is 12.2. The number of amides is 5. The number of rotatable bonds is 18. The van der Waals surface area contributed by atoms with Crippen LogP contribution in [0.1, 0.15) is 37.0 Å². The van der Waals surface area contributed by atoms with Crippen molar-refractivity contribution in [2.45, 2.75) is 63.7 Å². The molecule has 13 nitrogen and oxygen atoms in total. The Hall–Kier alpha value is -5.43. The van der Waals surface area contributed by atoms with Crippen LogP contribution in [0.25, 0.3) is 0 Å². The van der Waals surface area contributed by atoms with Gasteiger partial charge in [-0.05, 0) is 53.3 Å². The molecular formula is C36H46N6O7. The zero-order chi connectivity index (χ0) is 35.9. The van der Waals surface area contributed by atoms with Gasteiger partial charge in [0.25, 0.3) is 0 Å². The molecule has 13 heteroatoms. The van der Waals surface area contributed by atoms with Gasteiger partial charge in [-0.1, -0.05) is 68.4 Å². The van der Waals surface area contributed by atoms with Crippen LogP contribution in [-0.2, 0) is 43.2 Å². The average molecular weight is 675 g/mol. The summed E-state index contributed by atoms with van der Waals surface area (Å²) in [5.74, 6) is -2.60. The number of phenols is 1. The molecular weight excluding hydrogens is 628 g/mol. The zero-order valence-electron chi connectivity index (χ0n) is 28.0. The molecule has 0 saturated carbocycles. The monoisotopic (exact) mass is 674 g/mol. The van der Waals surface area contributed by atoms with Gasteiger partial charge in [0.15, 0.2) is 0 Å². The minimum absolute atomic E-state index is 0.0135. The van der Waals surface area contributed by atoms with Gasteiger partial charge < -0.3 is 42.6 Å². The van der Waals surface area contributed by atoms with Gasteiger partial charge in [-0.2, -0.15) is 0 Å². The smallest absolute Gasteiger partial charge is 0.243 e. The van der Waals surface area contributed by atoms with Crippen molar-refractivity contribution in [1.82, 2.24) is 21.3 Å². The fourth-order valence-corrected chi connectivity index (χ4v) is 5.13. The van der Waals surface area contributed by atoms with Crippen LogP contribution in [0.5, 0.6) is 11.5 Å². The van der Waals surface area contributed by atoms with Crippen molar-refractivity contribution < 1.29 is 33.8 Å².